The Morgan fingerprint density at radius 2 is 1.23 bits per heavy atom. The van der Waals surface area contributed by atoms with Gasteiger partial charge in [-0.05, 0) is 66.1 Å². The number of carbonyl (C=O) groups is 2. The highest BCUT2D eigenvalue weighted by Gasteiger charge is 2.11. The van der Waals surface area contributed by atoms with Gasteiger partial charge in [0, 0.05) is 18.6 Å². The molecule has 0 fully saturated rings. The van der Waals surface area contributed by atoms with Crippen LogP contribution in [0.2, 0.25) is 0 Å². The molecule has 0 unspecified atom stereocenters. The highest BCUT2D eigenvalue weighted by molar-refractivity contribution is 5.91. The van der Waals surface area contributed by atoms with E-state index in [-0.39, 0.29) is 11.7 Å². The summed E-state index contributed by atoms with van der Waals surface area (Å²) in [5.74, 6) is -0.0398. The van der Waals surface area contributed by atoms with Crippen molar-refractivity contribution < 1.29 is 24.0 Å². The zero-order valence-corrected chi connectivity index (χ0v) is 19.8. The summed E-state index contributed by atoms with van der Waals surface area (Å²) in [6.07, 6.45) is 6.98. The van der Waals surface area contributed by atoms with E-state index in [1.807, 2.05) is 0 Å². The number of benzene rings is 3. The topological polar surface area (TPSA) is 95.7 Å². The second kappa shape index (κ2) is 13.0. The van der Waals surface area contributed by atoms with Crippen LogP contribution in [0.1, 0.15) is 62.2 Å². The highest BCUT2D eigenvalue weighted by atomic mass is 16.6. The van der Waals surface area contributed by atoms with Gasteiger partial charge in [0.1, 0.15) is 11.5 Å². The summed E-state index contributed by atoms with van der Waals surface area (Å²) in [6.45, 7) is 2.17. The lowest BCUT2D eigenvalue weighted by Gasteiger charge is -2.08. The summed E-state index contributed by atoms with van der Waals surface area (Å²) in [4.78, 5) is 34.8. The maximum atomic E-state index is 12.5. The Kier molecular flexibility index (Phi) is 9.54. The first-order valence-electron chi connectivity index (χ1n) is 11.8. The van der Waals surface area contributed by atoms with Crippen molar-refractivity contribution >= 4 is 17.6 Å². The molecule has 7 nitrogen and oxygen atoms in total. The number of unbranched alkanes of at least 4 members (excludes halogenated alkanes) is 5. The summed E-state index contributed by atoms with van der Waals surface area (Å²) in [5.41, 5.74) is 2.01. The van der Waals surface area contributed by atoms with Crippen molar-refractivity contribution in [2.45, 2.75) is 51.9 Å². The Hall–Kier alpha value is -4.00. The molecule has 0 atom stereocenters. The minimum absolute atomic E-state index is 0.0258. The van der Waals surface area contributed by atoms with Crippen LogP contribution in [0.5, 0.6) is 11.5 Å². The zero-order valence-electron chi connectivity index (χ0n) is 19.8. The molecule has 0 saturated heterocycles. The molecule has 0 aromatic heterocycles. The van der Waals surface area contributed by atoms with Crippen LogP contribution < -0.4 is 9.47 Å². The molecule has 0 spiro atoms. The van der Waals surface area contributed by atoms with Gasteiger partial charge in [0.15, 0.2) is 0 Å². The lowest BCUT2D eigenvalue weighted by Crippen LogP contribution is -2.10. The number of carbonyl (C=O) groups excluding carboxylic acids is 2. The standard InChI is InChI=1S/C28H29NO6/c1-2-3-4-5-6-7-8-27(30)34-25-19-13-23(14-20-25)28(31)35-26-17-11-22(12-18-26)21-9-15-24(16-10-21)29(32)33/h9-20H,2-8H2,1H3. The lowest BCUT2D eigenvalue weighted by atomic mass is 10.1. The largest absolute Gasteiger partial charge is 0.427 e. The average molecular weight is 476 g/mol. The SMILES string of the molecule is CCCCCCCCC(=O)Oc1ccc(C(=O)Oc2ccc(-c3ccc([N+](=O)[O-])cc3)cc2)cc1. The molecule has 3 rings (SSSR count). The van der Waals surface area contributed by atoms with Gasteiger partial charge in [-0.3, -0.25) is 14.9 Å². The van der Waals surface area contributed by atoms with Gasteiger partial charge in [-0.1, -0.05) is 51.2 Å². The highest BCUT2D eigenvalue weighted by Crippen LogP contribution is 2.25. The second-order valence-electron chi connectivity index (χ2n) is 8.23. The number of non-ortho nitro benzene ring substituents is 1. The molecule has 3 aromatic carbocycles. The van der Waals surface area contributed by atoms with Gasteiger partial charge < -0.3 is 9.47 Å². The normalized spacial score (nSPS) is 10.5. The molecule has 0 radical (unpaired) electrons. The molecule has 0 saturated carbocycles. The third-order valence-corrected chi connectivity index (χ3v) is 5.53. The predicted octanol–water partition coefficient (Wildman–Crippen LogP) is 7.14. The van der Waals surface area contributed by atoms with Crippen molar-refractivity contribution in [3.63, 3.8) is 0 Å². The van der Waals surface area contributed by atoms with Gasteiger partial charge in [-0.15, -0.1) is 0 Å². The van der Waals surface area contributed by atoms with Crippen molar-refractivity contribution in [3.05, 3.63) is 88.5 Å². The first-order chi connectivity index (χ1) is 17.0. The number of rotatable bonds is 12. The van der Waals surface area contributed by atoms with Gasteiger partial charge in [0.05, 0.1) is 10.5 Å². The van der Waals surface area contributed by atoms with Gasteiger partial charge in [0.2, 0.25) is 0 Å². The van der Waals surface area contributed by atoms with Crippen molar-refractivity contribution in [1.82, 2.24) is 0 Å². The molecule has 0 aliphatic heterocycles. The molecule has 0 aliphatic carbocycles. The van der Waals surface area contributed by atoms with Gasteiger partial charge in [0.25, 0.3) is 5.69 Å². The number of ether oxygens (including phenoxy) is 2. The molecule has 0 heterocycles. The van der Waals surface area contributed by atoms with Crippen LogP contribution in [0.25, 0.3) is 11.1 Å². The van der Waals surface area contributed by atoms with E-state index in [0.717, 1.165) is 30.4 Å². The van der Waals surface area contributed by atoms with Crippen LogP contribution in [0.15, 0.2) is 72.8 Å². The smallest absolute Gasteiger partial charge is 0.343 e. The number of nitro groups is 1. The van der Waals surface area contributed by atoms with Crippen LogP contribution in [-0.2, 0) is 4.79 Å². The maximum absolute atomic E-state index is 12.5. The number of esters is 2. The van der Waals surface area contributed by atoms with Crippen LogP contribution in [0, 0.1) is 10.1 Å². The number of hydrogen-bond acceptors (Lipinski definition) is 6. The number of hydrogen-bond donors (Lipinski definition) is 0. The Bertz CT molecular complexity index is 1120. The van der Waals surface area contributed by atoms with E-state index >= 15 is 0 Å². The molecule has 0 N–H and O–H groups in total. The molecule has 0 aliphatic rings. The zero-order chi connectivity index (χ0) is 25.0. The van der Waals surface area contributed by atoms with E-state index in [9.17, 15) is 19.7 Å². The van der Waals surface area contributed by atoms with Crippen LogP contribution in [0.4, 0.5) is 5.69 Å². The molecule has 0 bridgehead atoms. The van der Waals surface area contributed by atoms with Gasteiger partial charge in [-0.2, -0.15) is 0 Å². The third kappa shape index (κ3) is 8.07. The molecule has 0 amide bonds. The fourth-order valence-corrected chi connectivity index (χ4v) is 3.55. The summed E-state index contributed by atoms with van der Waals surface area (Å²) in [6, 6.07) is 19.4. The van der Waals surface area contributed by atoms with E-state index in [2.05, 4.69) is 6.92 Å². The molecule has 35 heavy (non-hydrogen) atoms. The predicted molar refractivity (Wildman–Crippen MR) is 134 cm³/mol. The van der Waals surface area contributed by atoms with Crippen molar-refractivity contribution in [1.29, 1.82) is 0 Å². The van der Waals surface area contributed by atoms with E-state index in [1.54, 1.807) is 60.7 Å². The minimum atomic E-state index is -0.530. The Balaban J connectivity index is 1.48. The van der Waals surface area contributed by atoms with Crippen molar-refractivity contribution in [3.8, 4) is 22.6 Å². The quantitative estimate of drug-likeness (QED) is 0.0908. The Morgan fingerprint density at radius 1 is 0.714 bits per heavy atom. The number of nitro benzene ring substituents is 1. The molecule has 3 aromatic rings. The van der Waals surface area contributed by atoms with Crippen LogP contribution >= 0.6 is 0 Å². The third-order valence-electron chi connectivity index (χ3n) is 5.53. The lowest BCUT2D eigenvalue weighted by molar-refractivity contribution is -0.384. The average Bonchev–Trinajstić information content (AvgIpc) is 2.87. The van der Waals surface area contributed by atoms with Crippen LogP contribution in [0.3, 0.4) is 0 Å². The van der Waals surface area contributed by atoms with Gasteiger partial charge in [-0.25, -0.2) is 4.79 Å². The van der Waals surface area contributed by atoms with E-state index in [0.29, 0.717) is 23.5 Å². The van der Waals surface area contributed by atoms with E-state index in [4.69, 9.17) is 9.47 Å². The molecular weight excluding hydrogens is 446 g/mol. The van der Waals surface area contributed by atoms with Crippen molar-refractivity contribution in [2.75, 3.05) is 0 Å². The Morgan fingerprint density at radius 3 is 1.83 bits per heavy atom. The summed E-state index contributed by atoms with van der Waals surface area (Å²) in [7, 11) is 0. The first-order valence-corrected chi connectivity index (χ1v) is 11.8. The molecule has 182 valence electrons. The van der Waals surface area contributed by atoms with Gasteiger partial charge >= 0.3 is 11.9 Å². The minimum Gasteiger partial charge on any atom is -0.427 e. The van der Waals surface area contributed by atoms with E-state index in [1.165, 1.54) is 31.4 Å². The maximum Gasteiger partial charge on any atom is 0.343 e. The summed E-state index contributed by atoms with van der Waals surface area (Å²) >= 11 is 0. The monoisotopic (exact) mass is 475 g/mol. The fourth-order valence-electron chi connectivity index (χ4n) is 3.55. The van der Waals surface area contributed by atoms with Crippen molar-refractivity contribution in [2.24, 2.45) is 0 Å². The Labute approximate surface area is 204 Å². The van der Waals surface area contributed by atoms with Crippen LogP contribution in [-0.4, -0.2) is 16.9 Å². The summed E-state index contributed by atoms with van der Waals surface area (Å²) < 4.78 is 10.8. The second-order valence-corrected chi connectivity index (χ2v) is 8.23. The van der Waals surface area contributed by atoms with E-state index < -0.39 is 10.9 Å². The molecule has 7 heteroatoms. The summed E-state index contributed by atoms with van der Waals surface area (Å²) in [5, 5.41) is 10.8. The number of nitrogens with zero attached hydrogens (tertiary/aromatic N) is 1. The fraction of sp³-hybridized carbons (Fsp3) is 0.286. The molecular formula is C28H29NO6. The first kappa shape index (κ1) is 25.6.